The molecule has 1 rings (SSSR count). The minimum absolute atomic E-state index is 0.0638. The van der Waals surface area contributed by atoms with Crippen LogP contribution < -0.4 is 0 Å². The molecule has 0 bridgehead atoms. The maximum absolute atomic E-state index is 12.2. The van der Waals surface area contributed by atoms with Crippen molar-refractivity contribution in [3.8, 4) is 0 Å². The van der Waals surface area contributed by atoms with Gasteiger partial charge < -0.3 is 4.74 Å². The average molecular weight is 266 g/mol. The van der Waals surface area contributed by atoms with Crippen LogP contribution in [0.3, 0.4) is 0 Å². The van der Waals surface area contributed by atoms with Crippen molar-refractivity contribution in [3.05, 3.63) is 11.6 Å². The third-order valence-electron chi connectivity index (χ3n) is 3.71. The lowest BCUT2D eigenvalue weighted by molar-refractivity contribution is -0.137. The molecule has 3 heteroatoms. The molecule has 0 aliphatic heterocycles. The Kier molecular flexibility index (Phi) is 6.82. The van der Waals surface area contributed by atoms with Gasteiger partial charge in [-0.1, -0.05) is 39.2 Å². The molecular formula is C16H26O3. The predicted octanol–water partition coefficient (Wildman–Crippen LogP) is 3.67. The number of rotatable bonds is 6. The lowest BCUT2D eigenvalue weighted by Crippen LogP contribution is -2.17. The molecule has 1 saturated carbocycles. The Morgan fingerprint density at radius 1 is 1.21 bits per heavy atom. The van der Waals surface area contributed by atoms with Gasteiger partial charge in [0.25, 0.3) is 0 Å². The fourth-order valence-corrected chi connectivity index (χ4v) is 2.48. The van der Waals surface area contributed by atoms with Crippen LogP contribution >= 0.6 is 0 Å². The molecule has 0 aromatic rings. The first-order valence-electron chi connectivity index (χ1n) is 7.38. The average Bonchev–Trinajstić information content (AvgIpc) is 2.42. The van der Waals surface area contributed by atoms with Crippen molar-refractivity contribution in [1.82, 2.24) is 0 Å². The number of hydrogen-bond acceptors (Lipinski definition) is 3. The first-order valence-corrected chi connectivity index (χ1v) is 7.38. The second kappa shape index (κ2) is 8.13. The smallest absolute Gasteiger partial charge is 0.341 e. The lowest BCUT2D eigenvalue weighted by atomic mass is 9.87. The Morgan fingerprint density at radius 2 is 1.84 bits per heavy atom. The monoisotopic (exact) mass is 266 g/mol. The van der Waals surface area contributed by atoms with E-state index in [1.54, 1.807) is 0 Å². The maximum atomic E-state index is 12.2. The van der Waals surface area contributed by atoms with Gasteiger partial charge in [-0.15, -0.1) is 0 Å². The number of Topliss-reactive ketones (excluding diaryl/α,β-unsaturated/α-hetero) is 1. The molecule has 108 valence electrons. The highest BCUT2D eigenvalue weighted by molar-refractivity contribution is 6.17. The van der Waals surface area contributed by atoms with Crippen LogP contribution in [-0.4, -0.2) is 18.9 Å². The number of carbonyl (C=O) groups is 2. The van der Waals surface area contributed by atoms with Crippen LogP contribution in [0.15, 0.2) is 11.6 Å². The first kappa shape index (κ1) is 15.9. The molecule has 0 atom stereocenters. The summed E-state index contributed by atoms with van der Waals surface area (Å²) in [5.74, 6) is 0.300. The van der Waals surface area contributed by atoms with Crippen molar-refractivity contribution in [2.45, 2.75) is 58.8 Å². The molecule has 1 fully saturated rings. The van der Waals surface area contributed by atoms with Gasteiger partial charge in [-0.2, -0.15) is 0 Å². The number of hydrogen-bond donors (Lipinski definition) is 0. The maximum Gasteiger partial charge on any atom is 0.341 e. The molecule has 0 radical (unpaired) electrons. The van der Waals surface area contributed by atoms with Crippen LogP contribution in [0, 0.1) is 11.8 Å². The van der Waals surface area contributed by atoms with E-state index < -0.39 is 5.97 Å². The van der Waals surface area contributed by atoms with E-state index in [-0.39, 0.29) is 11.4 Å². The minimum atomic E-state index is -0.473. The van der Waals surface area contributed by atoms with E-state index in [1.807, 2.05) is 6.08 Å². The number of methoxy groups -OCH3 is 1. The van der Waals surface area contributed by atoms with Crippen molar-refractivity contribution in [3.63, 3.8) is 0 Å². The van der Waals surface area contributed by atoms with Gasteiger partial charge in [0, 0.05) is 6.42 Å². The highest BCUT2D eigenvalue weighted by Crippen LogP contribution is 2.26. The summed E-state index contributed by atoms with van der Waals surface area (Å²) in [6, 6.07) is 0. The van der Waals surface area contributed by atoms with E-state index in [0.29, 0.717) is 18.3 Å². The number of carbonyl (C=O) groups excluding carboxylic acids is 2. The van der Waals surface area contributed by atoms with Crippen molar-refractivity contribution in [1.29, 1.82) is 0 Å². The van der Waals surface area contributed by atoms with Crippen molar-refractivity contribution < 1.29 is 14.3 Å². The number of esters is 1. The van der Waals surface area contributed by atoms with Gasteiger partial charge in [-0.3, -0.25) is 4.79 Å². The molecule has 3 nitrogen and oxygen atoms in total. The second-order valence-electron chi connectivity index (χ2n) is 5.83. The zero-order valence-electron chi connectivity index (χ0n) is 12.4. The summed E-state index contributed by atoms with van der Waals surface area (Å²) in [4.78, 5) is 23.9. The summed E-state index contributed by atoms with van der Waals surface area (Å²) >= 11 is 0. The third kappa shape index (κ3) is 5.58. The predicted molar refractivity (Wildman–Crippen MR) is 75.8 cm³/mol. The van der Waals surface area contributed by atoms with Crippen LogP contribution in [0.25, 0.3) is 0 Å². The van der Waals surface area contributed by atoms with Crippen LogP contribution in [0.1, 0.15) is 58.8 Å². The number of allylic oxidation sites excluding steroid dienone is 1. The van der Waals surface area contributed by atoms with E-state index >= 15 is 0 Å². The third-order valence-corrected chi connectivity index (χ3v) is 3.71. The van der Waals surface area contributed by atoms with E-state index in [4.69, 9.17) is 4.74 Å². The molecule has 1 aliphatic carbocycles. The standard InChI is InChI=1S/C16H26O3/c1-12(2)9-10-15(17)14(16(18)19-3)11-13-7-5-4-6-8-13/h11-13H,4-10H2,1-3H3. The molecule has 0 unspecified atom stereocenters. The van der Waals surface area contributed by atoms with E-state index in [0.717, 1.165) is 19.3 Å². The molecule has 19 heavy (non-hydrogen) atoms. The summed E-state index contributed by atoms with van der Waals surface area (Å²) in [5, 5.41) is 0. The zero-order chi connectivity index (χ0) is 14.3. The molecule has 0 aromatic carbocycles. The normalized spacial score (nSPS) is 17.6. The topological polar surface area (TPSA) is 43.4 Å². The summed E-state index contributed by atoms with van der Waals surface area (Å²) in [6.07, 6.45) is 8.93. The highest BCUT2D eigenvalue weighted by atomic mass is 16.5. The molecule has 1 aliphatic rings. The molecule has 0 amide bonds. The Bertz CT molecular complexity index is 336. The largest absolute Gasteiger partial charge is 0.465 e. The fraction of sp³-hybridized carbons (Fsp3) is 0.750. The van der Waals surface area contributed by atoms with Gasteiger partial charge in [-0.25, -0.2) is 4.79 Å². The van der Waals surface area contributed by atoms with Crippen LogP contribution in [0.5, 0.6) is 0 Å². The Hall–Kier alpha value is -1.12. The van der Waals surface area contributed by atoms with E-state index in [2.05, 4.69) is 13.8 Å². The van der Waals surface area contributed by atoms with Gasteiger partial charge in [0.1, 0.15) is 0 Å². The van der Waals surface area contributed by atoms with E-state index in [9.17, 15) is 9.59 Å². The molecule has 0 spiro atoms. The molecule has 0 heterocycles. The van der Waals surface area contributed by atoms with Gasteiger partial charge in [0.2, 0.25) is 0 Å². The van der Waals surface area contributed by atoms with Crippen LogP contribution in [0.2, 0.25) is 0 Å². The fourth-order valence-electron chi connectivity index (χ4n) is 2.48. The Labute approximate surface area is 116 Å². The van der Waals surface area contributed by atoms with Crippen molar-refractivity contribution in [2.75, 3.05) is 7.11 Å². The summed E-state index contributed by atoms with van der Waals surface area (Å²) in [6.45, 7) is 4.16. The molecular weight excluding hydrogens is 240 g/mol. The minimum Gasteiger partial charge on any atom is -0.465 e. The van der Waals surface area contributed by atoms with E-state index in [1.165, 1.54) is 26.4 Å². The SMILES string of the molecule is COC(=O)C(=CC1CCCCC1)C(=O)CCC(C)C. The van der Waals surface area contributed by atoms with Gasteiger partial charge >= 0.3 is 5.97 Å². The summed E-state index contributed by atoms with van der Waals surface area (Å²) < 4.78 is 4.75. The molecule has 0 N–H and O–H groups in total. The summed E-state index contributed by atoms with van der Waals surface area (Å²) in [7, 11) is 1.34. The van der Waals surface area contributed by atoms with Crippen LogP contribution in [-0.2, 0) is 14.3 Å². The zero-order valence-corrected chi connectivity index (χ0v) is 12.4. The van der Waals surface area contributed by atoms with Crippen molar-refractivity contribution >= 4 is 11.8 Å². The molecule has 0 aromatic heterocycles. The Morgan fingerprint density at radius 3 is 2.37 bits per heavy atom. The van der Waals surface area contributed by atoms with Gasteiger partial charge in [0.15, 0.2) is 5.78 Å². The lowest BCUT2D eigenvalue weighted by Gasteiger charge is -2.19. The number of ether oxygens (including phenoxy) is 1. The molecule has 0 saturated heterocycles. The van der Waals surface area contributed by atoms with Gasteiger partial charge in [-0.05, 0) is 31.1 Å². The quantitative estimate of drug-likeness (QED) is 0.319. The Balaban J connectivity index is 2.72. The highest BCUT2D eigenvalue weighted by Gasteiger charge is 2.21. The second-order valence-corrected chi connectivity index (χ2v) is 5.83. The van der Waals surface area contributed by atoms with Gasteiger partial charge in [0.05, 0.1) is 12.7 Å². The summed E-state index contributed by atoms with van der Waals surface area (Å²) in [5.41, 5.74) is 0.273. The van der Waals surface area contributed by atoms with Crippen LogP contribution in [0.4, 0.5) is 0 Å². The van der Waals surface area contributed by atoms with Crippen molar-refractivity contribution in [2.24, 2.45) is 11.8 Å². The number of ketones is 1. The first-order chi connectivity index (χ1) is 9.04.